The Morgan fingerprint density at radius 2 is 2.11 bits per heavy atom. The Balaban J connectivity index is 1.80. The summed E-state index contributed by atoms with van der Waals surface area (Å²) in [4.78, 5) is 4.43. The number of anilines is 1. The molecule has 0 bridgehead atoms. The number of aromatic nitrogens is 2. The highest BCUT2D eigenvalue weighted by molar-refractivity contribution is 6.30. The summed E-state index contributed by atoms with van der Waals surface area (Å²) >= 11 is 5.92. The highest BCUT2D eigenvalue weighted by Crippen LogP contribution is 2.21. The van der Waals surface area contributed by atoms with Crippen molar-refractivity contribution in [1.82, 2.24) is 9.38 Å². The van der Waals surface area contributed by atoms with Gasteiger partial charge in [-0.2, -0.15) is 0 Å². The molecule has 0 radical (unpaired) electrons. The highest BCUT2D eigenvalue weighted by atomic mass is 35.5. The molecule has 0 unspecified atom stereocenters. The predicted molar refractivity (Wildman–Crippen MR) is 75.4 cm³/mol. The number of ether oxygens (including phenoxy) is 1. The van der Waals surface area contributed by atoms with Crippen molar-refractivity contribution in [2.45, 2.75) is 6.61 Å². The van der Waals surface area contributed by atoms with Crippen LogP contribution in [-0.4, -0.2) is 9.38 Å². The molecule has 0 aliphatic heterocycles. The second-order valence-electron chi connectivity index (χ2n) is 4.17. The summed E-state index contributed by atoms with van der Waals surface area (Å²) in [5.74, 6) is 0.664. The summed E-state index contributed by atoms with van der Waals surface area (Å²) in [5, 5.41) is 0.665. The maximum Gasteiger partial charge on any atom is 0.142 e. The number of rotatable bonds is 3. The van der Waals surface area contributed by atoms with Crippen LogP contribution >= 0.6 is 11.6 Å². The third kappa shape index (κ3) is 2.48. The monoisotopic (exact) mass is 273 g/mol. The zero-order valence-corrected chi connectivity index (χ0v) is 10.8. The summed E-state index contributed by atoms with van der Waals surface area (Å²) in [5.41, 5.74) is 8.05. The quantitative estimate of drug-likeness (QED) is 0.746. The summed E-state index contributed by atoms with van der Waals surface area (Å²) in [7, 11) is 0. The van der Waals surface area contributed by atoms with Gasteiger partial charge in [0.1, 0.15) is 18.0 Å². The highest BCUT2D eigenvalue weighted by Gasteiger charge is 2.04. The van der Waals surface area contributed by atoms with E-state index in [-0.39, 0.29) is 0 Å². The van der Waals surface area contributed by atoms with Gasteiger partial charge in [-0.05, 0) is 24.3 Å². The van der Waals surface area contributed by atoms with Gasteiger partial charge < -0.3 is 14.9 Å². The van der Waals surface area contributed by atoms with E-state index in [1.807, 2.05) is 47.1 Å². The molecule has 4 nitrogen and oxygen atoms in total. The number of halogens is 1. The molecule has 3 aromatic rings. The predicted octanol–water partition coefficient (Wildman–Crippen LogP) is 3.15. The average Bonchev–Trinajstić information content (AvgIpc) is 2.79. The van der Waals surface area contributed by atoms with Gasteiger partial charge >= 0.3 is 0 Å². The molecule has 3 rings (SSSR count). The Morgan fingerprint density at radius 3 is 2.95 bits per heavy atom. The van der Waals surface area contributed by atoms with Crippen LogP contribution in [0.1, 0.15) is 5.69 Å². The molecular formula is C14H12ClN3O. The van der Waals surface area contributed by atoms with Crippen molar-refractivity contribution >= 4 is 22.9 Å². The van der Waals surface area contributed by atoms with E-state index in [0.29, 0.717) is 23.1 Å². The number of para-hydroxylation sites is 2. The lowest BCUT2D eigenvalue weighted by molar-refractivity contribution is 0.304. The third-order valence-corrected chi connectivity index (χ3v) is 3.00. The number of nitrogen functional groups attached to an aromatic ring is 1. The molecule has 2 N–H and O–H groups in total. The van der Waals surface area contributed by atoms with Gasteiger partial charge in [-0.25, -0.2) is 4.98 Å². The van der Waals surface area contributed by atoms with Gasteiger partial charge in [-0.3, -0.25) is 0 Å². The number of hydrogen-bond donors (Lipinski definition) is 1. The minimum atomic E-state index is 0.369. The van der Waals surface area contributed by atoms with E-state index in [4.69, 9.17) is 22.1 Å². The number of fused-ring (bicyclic) bond motifs is 1. The second kappa shape index (κ2) is 4.82. The normalized spacial score (nSPS) is 10.8. The molecule has 96 valence electrons. The van der Waals surface area contributed by atoms with Crippen LogP contribution in [0.5, 0.6) is 5.75 Å². The van der Waals surface area contributed by atoms with Crippen molar-refractivity contribution in [3.05, 3.63) is 59.5 Å². The molecule has 5 heteroatoms. The molecule has 2 heterocycles. The van der Waals surface area contributed by atoms with Crippen molar-refractivity contribution in [3.63, 3.8) is 0 Å². The van der Waals surface area contributed by atoms with Crippen LogP contribution in [-0.2, 0) is 6.61 Å². The molecule has 0 amide bonds. The maximum absolute atomic E-state index is 5.92. The van der Waals surface area contributed by atoms with Gasteiger partial charge in [-0.1, -0.05) is 23.7 Å². The minimum Gasteiger partial charge on any atom is -0.485 e. The molecular weight excluding hydrogens is 262 g/mol. The summed E-state index contributed by atoms with van der Waals surface area (Å²) in [6.07, 6.45) is 3.77. The first-order chi connectivity index (χ1) is 9.22. The van der Waals surface area contributed by atoms with Crippen LogP contribution in [0.4, 0.5) is 5.69 Å². The lowest BCUT2D eigenvalue weighted by atomic mass is 10.3. The van der Waals surface area contributed by atoms with E-state index in [2.05, 4.69) is 4.98 Å². The Kier molecular flexibility index (Phi) is 3.01. The number of imidazole rings is 1. The lowest BCUT2D eigenvalue weighted by Crippen LogP contribution is -1.98. The largest absolute Gasteiger partial charge is 0.485 e. The summed E-state index contributed by atoms with van der Waals surface area (Å²) in [6, 6.07) is 11.0. The topological polar surface area (TPSA) is 52.5 Å². The van der Waals surface area contributed by atoms with E-state index in [1.165, 1.54) is 0 Å². The van der Waals surface area contributed by atoms with Crippen molar-refractivity contribution in [1.29, 1.82) is 0 Å². The van der Waals surface area contributed by atoms with Gasteiger partial charge in [0.2, 0.25) is 0 Å². The van der Waals surface area contributed by atoms with E-state index < -0.39 is 0 Å². The Labute approximate surface area is 115 Å². The SMILES string of the molecule is Nc1ccccc1OCc1cn2ccc(Cl)cc2n1. The zero-order valence-electron chi connectivity index (χ0n) is 10.1. The van der Waals surface area contributed by atoms with Crippen LogP contribution in [0.3, 0.4) is 0 Å². The second-order valence-corrected chi connectivity index (χ2v) is 4.61. The van der Waals surface area contributed by atoms with E-state index in [1.54, 1.807) is 6.07 Å². The van der Waals surface area contributed by atoms with E-state index >= 15 is 0 Å². The Hall–Kier alpha value is -2.20. The van der Waals surface area contributed by atoms with Crippen molar-refractivity contribution in [3.8, 4) is 5.75 Å². The van der Waals surface area contributed by atoms with E-state index in [9.17, 15) is 0 Å². The fourth-order valence-corrected chi connectivity index (χ4v) is 2.00. The van der Waals surface area contributed by atoms with Gasteiger partial charge in [0, 0.05) is 17.4 Å². The molecule has 19 heavy (non-hydrogen) atoms. The van der Waals surface area contributed by atoms with E-state index in [0.717, 1.165) is 11.3 Å². The number of pyridine rings is 1. The minimum absolute atomic E-state index is 0.369. The first-order valence-corrected chi connectivity index (χ1v) is 6.20. The molecule has 0 aliphatic rings. The number of nitrogens with zero attached hydrogens (tertiary/aromatic N) is 2. The molecule has 0 atom stereocenters. The standard InChI is InChI=1S/C14H12ClN3O/c15-10-5-6-18-8-11(17-14(18)7-10)9-19-13-4-2-1-3-12(13)16/h1-8H,9,16H2. The van der Waals surface area contributed by atoms with Crippen LogP contribution in [0.25, 0.3) is 5.65 Å². The van der Waals surface area contributed by atoms with Crippen molar-refractivity contribution < 1.29 is 4.74 Å². The summed E-state index contributed by atoms with van der Waals surface area (Å²) < 4.78 is 7.55. The van der Waals surface area contributed by atoms with Crippen molar-refractivity contribution in [2.24, 2.45) is 0 Å². The number of nitrogens with two attached hydrogens (primary N) is 1. The third-order valence-electron chi connectivity index (χ3n) is 2.77. The van der Waals surface area contributed by atoms with Gasteiger partial charge in [0.15, 0.2) is 0 Å². The zero-order chi connectivity index (χ0) is 13.2. The fourth-order valence-electron chi connectivity index (χ4n) is 1.84. The Morgan fingerprint density at radius 1 is 1.26 bits per heavy atom. The molecule has 0 saturated heterocycles. The fraction of sp³-hybridized carbons (Fsp3) is 0.0714. The first-order valence-electron chi connectivity index (χ1n) is 5.83. The number of benzene rings is 1. The maximum atomic E-state index is 5.92. The van der Waals surface area contributed by atoms with Crippen LogP contribution in [0.15, 0.2) is 48.8 Å². The lowest BCUT2D eigenvalue weighted by Gasteiger charge is -2.06. The van der Waals surface area contributed by atoms with Gasteiger partial charge in [-0.15, -0.1) is 0 Å². The van der Waals surface area contributed by atoms with Gasteiger partial charge in [0.05, 0.1) is 11.4 Å². The first kappa shape index (κ1) is 11.9. The molecule has 2 aromatic heterocycles. The molecule has 0 saturated carbocycles. The van der Waals surface area contributed by atoms with Crippen LogP contribution in [0, 0.1) is 0 Å². The molecule has 0 spiro atoms. The van der Waals surface area contributed by atoms with Crippen LogP contribution < -0.4 is 10.5 Å². The van der Waals surface area contributed by atoms with Crippen molar-refractivity contribution in [2.75, 3.05) is 5.73 Å². The smallest absolute Gasteiger partial charge is 0.142 e. The average molecular weight is 274 g/mol. The molecule has 0 fully saturated rings. The molecule has 1 aromatic carbocycles. The van der Waals surface area contributed by atoms with Gasteiger partial charge in [0.25, 0.3) is 0 Å². The van der Waals surface area contributed by atoms with Crippen LogP contribution in [0.2, 0.25) is 5.02 Å². The Bertz CT molecular complexity index is 724. The summed E-state index contributed by atoms with van der Waals surface area (Å²) in [6.45, 7) is 0.369. The molecule has 0 aliphatic carbocycles. The number of hydrogen-bond acceptors (Lipinski definition) is 3.